The van der Waals surface area contributed by atoms with Crippen molar-refractivity contribution >= 4 is 15.7 Å². The number of hydrogen-bond donors (Lipinski definition) is 1. The van der Waals surface area contributed by atoms with Gasteiger partial charge in [0.1, 0.15) is 5.75 Å². The summed E-state index contributed by atoms with van der Waals surface area (Å²) in [5, 5.41) is 4.00. The van der Waals surface area contributed by atoms with Crippen molar-refractivity contribution in [1.82, 2.24) is 4.83 Å². The van der Waals surface area contributed by atoms with Crippen LogP contribution in [-0.2, 0) is 10.0 Å². The summed E-state index contributed by atoms with van der Waals surface area (Å²) in [6.45, 7) is 8.33. The van der Waals surface area contributed by atoms with Crippen molar-refractivity contribution in [3.8, 4) is 5.75 Å². The molecular weight excluding hydrogens is 276 g/mol. The molecule has 112 valence electrons. The number of nitrogens with zero attached hydrogens (tertiary/aromatic N) is 1. The van der Waals surface area contributed by atoms with Crippen molar-refractivity contribution in [3.63, 3.8) is 0 Å². The Morgan fingerprint density at radius 3 is 2.30 bits per heavy atom. The third kappa shape index (κ3) is 4.52. The van der Waals surface area contributed by atoms with Crippen molar-refractivity contribution in [2.24, 2.45) is 11.0 Å². The van der Waals surface area contributed by atoms with Crippen LogP contribution in [0.15, 0.2) is 34.3 Å². The van der Waals surface area contributed by atoms with E-state index in [1.807, 2.05) is 27.7 Å². The van der Waals surface area contributed by atoms with Crippen LogP contribution in [0.1, 0.15) is 34.1 Å². The number of sulfonamides is 1. The van der Waals surface area contributed by atoms with Crippen LogP contribution in [0.4, 0.5) is 0 Å². The Kier molecular flexibility index (Phi) is 6.01. The fourth-order valence-corrected chi connectivity index (χ4v) is 2.51. The highest BCUT2D eigenvalue weighted by Gasteiger charge is 2.13. The van der Waals surface area contributed by atoms with Gasteiger partial charge in [0, 0.05) is 5.71 Å². The highest BCUT2D eigenvalue weighted by atomic mass is 32.2. The molecule has 0 saturated carbocycles. The van der Waals surface area contributed by atoms with Gasteiger partial charge >= 0.3 is 0 Å². The smallest absolute Gasteiger partial charge is 0.276 e. The molecule has 0 saturated heterocycles. The van der Waals surface area contributed by atoms with E-state index in [0.29, 0.717) is 18.8 Å². The second-order valence-corrected chi connectivity index (χ2v) is 6.27. The minimum Gasteiger partial charge on any atom is -0.494 e. The molecule has 0 spiro atoms. The first-order valence-electron chi connectivity index (χ1n) is 6.71. The Morgan fingerprint density at radius 2 is 1.85 bits per heavy atom. The molecule has 0 amide bonds. The van der Waals surface area contributed by atoms with Gasteiger partial charge < -0.3 is 4.74 Å². The second-order valence-electron chi connectivity index (χ2n) is 4.61. The number of hydrogen-bond acceptors (Lipinski definition) is 4. The molecule has 1 rings (SSSR count). The second kappa shape index (κ2) is 7.28. The maximum atomic E-state index is 12.1. The first kappa shape index (κ1) is 16.5. The average molecular weight is 298 g/mol. The third-order valence-electron chi connectivity index (χ3n) is 2.78. The van der Waals surface area contributed by atoms with Crippen molar-refractivity contribution in [3.05, 3.63) is 24.3 Å². The first-order chi connectivity index (χ1) is 9.40. The number of nitrogens with one attached hydrogen (secondary N) is 1. The zero-order chi connectivity index (χ0) is 15.2. The number of hydrazone groups is 1. The lowest BCUT2D eigenvalue weighted by molar-refractivity contribution is 0.340. The molecule has 0 radical (unpaired) electrons. The van der Waals surface area contributed by atoms with Gasteiger partial charge in [0.15, 0.2) is 0 Å². The molecule has 1 aromatic carbocycles. The topological polar surface area (TPSA) is 67.8 Å². The van der Waals surface area contributed by atoms with Crippen molar-refractivity contribution in [2.45, 2.75) is 39.0 Å². The predicted octanol–water partition coefficient (Wildman–Crippen LogP) is 2.79. The summed E-state index contributed by atoms with van der Waals surface area (Å²) < 4.78 is 29.4. The molecule has 0 bridgehead atoms. The lowest BCUT2D eigenvalue weighted by atomic mass is 10.1. The summed E-state index contributed by atoms with van der Waals surface area (Å²) in [5.41, 5.74) is 0.819. The largest absolute Gasteiger partial charge is 0.494 e. The fraction of sp³-hybridized carbons (Fsp3) is 0.500. The van der Waals surface area contributed by atoms with Crippen LogP contribution >= 0.6 is 0 Å². The van der Waals surface area contributed by atoms with Crippen molar-refractivity contribution in [1.29, 1.82) is 0 Å². The molecule has 0 aliphatic rings. The summed E-state index contributed by atoms with van der Waals surface area (Å²) in [6.07, 6.45) is 0.712. The van der Waals surface area contributed by atoms with Gasteiger partial charge in [-0.3, -0.25) is 0 Å². The maximum absolute atomic E-state index is 12.1. The SMILES string of the molecule is CCOc1ccc(S(=O)(=O)N/N=C(/CC)C(C)C)cc1. The van der Waals surface area contributed by atoms with Gasteiger partial charge in [0.2, 0.25) is 0 Å². The minimum absolute atomic E-state index is 0.170. The standard InChI is InChI=1S/C14H22N2O3S/c1-5-14(11(3)4)15-16-20(17,18)13-9-7-12(8-10-13)19-6-2/h7-11,16H,5-6H2,1-4H3/b15-14-. The lowest BCUT2D eigenvalue weighted by Gasteiger charge is -2.09. The molecule has 0 heterocycles. The Bertz CT molecular complexity index is 548. The highest BCUT2D eigenvalue weighted by Crippen LogP contribution is 2.16. The Labute approximate surface area is 121 Å². The van der Waals surface area contributed by atoms with Gasteiger partial charge in [0.25, 0.3) is 10.0 Å². The molecule has 6 heteroatoms. The van der Waals surface area contributed by atoms with Gasteiger partial charge in [-0.2, -0.15) is 13.5 Å². The summed E-state index contributed by atoms with van der Waals surface area (Å²) >= 11 is 0. The first-order valence-corrected chi connectivity index (χ1v) is 8.20. The quantitative estimate of drug-likeness (QED) is 0.621. The summed E-state index contributed by atoms with van der Waals surface area (Å²) in [5.74, 6) is 0.856. The van der Waals surface area contributed by atoms with E-state index in [1.54, 1.807) is 12.1 Å². The van der Waals surface area contributed by atoms with Gasteiger partial charge in [0.05, 0.1) is 11.5 Å². The third-order valence-corrected chi connectivity index (χ3v) is 4.01. The summed E-state index contributed by atoms with van der Waals surface area (Å²) in [6, 6.07) is 6.27. The fourth-order valence-electron chi connectivity index (χ4n) is 1.67. The van der Waals surface area contributed by atoms with Crippen molar-refractivity contribution < 1.29 is 13.2 Å². The van der Waals surface area contributed by atoms with Crippen LogP contribution < -0.4 is 9.57 Å². The summed E-state index contributed by atoms with van der Waals surface area (Å²) in [7, 11) is -3.62. The molecular formula is C14H22N2O3S. The van der Waals surface area contributed by atoms with Crippen LogP contribution in [0.2, 0.25) is 0 Å². The zero-order valence-electron chi connectivity index (χ0n) is 12.4. The molecule has 1 N–H and O–H groups in total. The maximum Gasteiger partial charge on any atom is 0.276 e. The van der Waals surface area contributed by atoms with Crippen LogP contribution in [-0.4, -0.2) is 20.7 Å². The molecule has 0 aliphatic carbocycles. The van der Waals surface area contributed by atoms with Gasteiger partial charge in [-0.05, 0) is 43.5 Å². The van der Waals surface area contributed by atoms with E-state index in [1.165, 1.54) is 12.1 Å². The molecule has 0 aliphatic heterocycles. The van der Waals surface area contributed by atoms with Crippen LogP contribution in [0.5, 0.6) is 5.75 Å². The molecule has 5 nitrogen and oxygen atoms in total. The minimum atomic E-state index is -3.62. The van der Waals surface area contributed by atoms with E-state index in [2.05, 4.69) is 9.93 Å². The van der Waals surface area contributed by atoms with E-state index >= 15 is 0 Å². The normalized spacial score (nSPS) is 12.6. The summed E-state index contributed by atoms with van der Waals surface area (Å²) in [4.78, 5) is 2.45. The lowest BCUT2D eigenvalue weighted by Crippen LogP contribution is -2.21. The van der Waals surface area contributed by atoms with E-state index in [-0.39, 0.29) is 10.8 Å². The van der Waals surface area contributed by atoms with Gasteiger partial charge in [-0.1, -0.05) is 20.8 Å². The molecule has 0 unspecified atom stereocenters. The van der Waals surface area contributed by atoms with Crippen molar-refractivity contribution in [2.75, 3.05) is 6.61 Å². The number of benzene rings is 1. The molecule has 0 fully saturated rings. The predicted molar refractivity (Wildman–Crippen MR) is 80.5 cm³/mol. The van der Waals surface area contributed by atoms with Crippen LogP contribution in [0.3, 0.4) is 0 Å². The molecule has 1 aromatic rings. The zero-order valence-corrected chi connectivity index (χ0v) is 13.2. The van der Waals surface area contributed by atoms with E-state index < -0.39 is 10.0 Å². The highest BCUT2D eigenvalue weighted by molar-refractivity contribution is 7.89. The molecule has 20 heavy (non-hydrogen) atoms. The van der Waals surface area contributed by atoms with E-state index in [4.69, 9.17) is 4.74 Å². The average Bonchev–Trinajstić information content (AvgIpc) is 2.40. The Balaban J connectivity index is 2.88. The number of ether oxygens (including phenoxy) is 1. The number of rotatable bonds is 7. The Hall–Kier alpha value is -1.56. The van der Waals surface area contributed by atoms with Gasteiger partial charge in [-0.15, -0.1) is 0 Å². The van der Waals surface area contributed by atoms with E-state index in [9.17, 15) is 8.42 Å². The molecule has 0 atom stereocenters. The molecule has 0 aromatic heterocycles. The van der Waals surface area contributed by atoms with Gasteiger partial charge in [-0.25, -0.2) is 4.83 Å². The monoisotopic (exact) mass is 298 g/mol. The van der Waals surface area contributed by atoms with Crippen LogP contribution in [0, 0.1) is 5.92 Å². The Morgan fingerprint density at radius 1 is 1.25 bits per heavy atom. The van der Waals surface area contributed by atoms with E-state index in [0.717, 1.165) is 5.71 Å². The van der Waals surface area contributed by atoms with Crippen LogP contribution in [0.25, 0.3) is 0 Å².